The van der Waals surface area contributed by atoms with Gasteiger partial charge in [-0.15, -0.1) is 0 Å². The van der Waals surface area contributed by atoms with Gasteiger partial charge in [0.2, 0.25) is 10.0 Å². The minimum absolute atomic E-state index is 0.127. The molecule has 2 aromatic rings. The Kier molecular flexibility index (Phi) is 5.46. The smallest absolute Gasteiger partial charge is 0.243 e. The Hall–Kier alpha value is -1.76. The summed E-state index contributed by atoms with van der Waals surface area (Å²) < 4.78 is 40.5. The summed E-state index contributed by atoms with van der Waals surface area (Å²) >= 11 is 0. The molecule has 1 atom stereocenters. The highest BCUT2D eigenvalue weighted by Gasteiger charge is 2.30. The van der Waals surface area contributed by atoms with Crippen LogP contribution in [0.1, 0.15) is 29.7 Å². The van der Waals surface area contributed by atoms with E-state index in [1.165, 1.54) is 12.1 Å². The molecule has 26 heavy (non-hydrogen) atoms. The molecule has 0 spiro atoms. The van der Waals surface area contributed by atoms with Crippen molar-refractivity contribution >= 4 is 10.0 Å². The molecule has 0 bridgehead atoms. The van der Waals surface area contributed by atoms with Crippen LogP contribution in [0.15, 0.2) is 47.4 Å². The fourth-order valence-electron chi connectivity index (χ4n) is 3.31. The molecule has 1 heterocycles. The third-order valence-corrected chi connectivity index (χ3v) is 7.18. The summed E-state index contributed by atoms with van der Waals surface area (Å²) in [5.74, 6) is -0.245. The summed E-state index contributed by atoms with van der Waals surface area (Å²) in [4.78, 5) is 2.60. The van der Waals surface area contributed by atoms with Gasteiger partial charge in [-0.25, -0.2) is 12.8 Å². The Morgan fingerprint density at radius 1 is 0.923 bits per heavy atom. The average molecular weight is 376 g/mol. The molecule has 1 saturated heterocycles. The molecule has 0 N–H and O–H groups in total. The molecule has 1 aliphatic rings. The van der Waals surface area contributed by atoms with E-state index in [9.17, 15) is 12.8 Å². The van der Waals surface area contributed by atoms with Gasteiger partial charge in [0.15, 0.2) is 0 Å². The zero-order valence-corrected chi connectivity index (χ0v) is 16.3. The highest BCUT2D eigenvalue weighted by atomic mass is 32.2. The highest BCUT2D eigenvalue weighted by Crippen LogP contribution is 2.25. The van der Waals surface area contributed by atoms with Crippen molar-refractivity contribution in [3.05, 3.63) is 65.0 Å². The van der Waals surface area contributed by atoms with E-state index >= 15 is 0 Å². The summed E-state index contributed by atoms with van der Waals surface area (Å²) in [5.41, 5.74) is 3.11. The van der Waals surface area contributed by atoms with Crippen LogP contribution in [0.2, 0.25) is 0 Å². The molecule has 0 aromatic heterocycles. The predicted molar refractivity (Wildman–Crippen MR) is 101 cm³/mol. The molecule has 0 amide bonds. The Morgan fingerprint density at radius 3 is 2.12 bits per heavy atom. The normalized spacial score (nSPS) is 18.0. The minimum atomic E-state index is -3.46. The van der Waals surface area contributed by atoms with Crippen molar-refractivity contribution in [3.8, 4) is 0 Å². The number of benzene rings is 2. The number of halogens is 1. The van der Waals surface area contributed by atoms with Crippen LogP contribution in [0.4, 0.5) is 4.39 Å². The molecule has 1 aliphatic heterocycles. The fourth-order valence-corrected chi connectivity index (χ4v) is 4.81. The largest absolute Gasteiger partial charge is 0.294 e. The number of sulfonamides is 1. The molecule has 1 unspecified atom stereocenters. The van der Waals surface area contributed by atoms with Crippen LogP contribution >= 0.6 is 0 Å². The maximum absolute atomic E-state index is 13.1. The van der Waals surface area contributed by atoms with Crippen LogP contribution in [-0.2, 0) is 10.0 Å². The molecule has 2 aromatic carbocycles. The molecule has 0 saturated carbocycles. The van der Waals surface area contributed by atoms with Gasteiger partial charge >= 0.3 is 0 Å². The Bertz CT molecular complexity index is 873. The molecule has 0 aliphatic carbocycles. The van der Waals surface area contributed by atoms with Gasteiger partial charge in [0.25, 0.3) is 0 Å². The van der Waals surface area contributed by atoms with E-state index in [4.69, 9.17) is 0 Å². The number of piperazine rings is 1. The van der Waals surface area contributed by atoms with Gasteiger partial charge in [-0.2, -0.15) is 4.31 Å². The van der Waals surface area contributed by atoms with Gasteiger partial charge in [0.05, 0.1) is 4.90 Å². The second kappa shape index (κ2) is 7.47. The molecule has 1 fully saturated rings. The molecular weight excluding hydrogens is 351 g/mol. The molecule has 4 nitrogen and oxygen atoms in total. The Morgan fingerprint density at radius 2 is 1.54 bits per heavy atom. The number of aryl methyl sites for hydroxylation is 2. The second-order valence-electron chi connectivity index (χ2n) is 6.91. The first-order valence-corrected chi connectivity index (χ1v) is 10.3. The summed E-state index contributed by atoms with van der Waals surface area (Å²) in [7, 11) is -3.46. The van der Waals surface area contributed by atoms with Crippen molar-refractivity contribution in [1.29, 1.82) is 0 Å². The molecule has 6 heteroatoms. The summed E-state index contributed by atoms with van der Waals surface area (Å²) in [5, 5.41) is 0. The maximum atomic E-state index is 13.1. The van der Waals surface area contributed by atoms with E-state index in [0.29, 0.717) is 31.1 Å². The number of nitrogens with zero attached hydrogens (tertiary/aromatic N) is 2. The molecule has 0 radical (unpaired) electrons. The van der Waals surface area contributed by atoms with Crippen LogP contribution in [-0.4, -0.2) is 43.8 Å². The van der Waals surface area contributed by atoms with Crippen molar-refractivity contribution in [1.82, 2.24) is 9.21 Å². The van der Waals surface area contributed by atoms with Crippen molar-refractivity contribution in [2.45, 2.75) is 31.7 Å². The molecular formula is C20H25FN2O2S. The monoisotopic (exact) mass is 376 g/mol. The topological polar surface area (TPSA) is 40.6 Å². The van der Waals surface area contributed by atoms with Crippen LogP contribution in [0.3, 0.4) is 0 Å². The zero-order valence-electron chi connectivity index (χ0n) is 15.4. The van der Waals surface area contributed by atoms with E-state index < -0.39 is 10.0 Å². The van der Waals surface area contributed by atoms with Gasteiger partial charge in [-0.1, -0.05) is 18.2 Å². The van der Waals surface area contributed by atoms with E-state index in [1.54, 1.807) is 28.6 Å². The van der Waals surface area contributed by atoms with Crippen LogP contribution in [0.25, 0.3) is 0 Å². The first kappa shape index (κ1) is 19.0. The van der Waals surface area contributed by atoms with E-state index in [0.717, 1.165) is 16.7 Å². The fraction of sp³-hybridized carbons (Fsp3) is 0.400. The number of hydrogen-bond acceptors (Lipinski definition) is 3. The zero-order chi connectivity index (χ0) is 18.9. The van der Waals surface area contributed by atoms with Crippen molar-refractivity contribution < 1.29 is 12.8 Å². The third-order valence-electron chi connectivity index (χ3n) is 5.29. The Balaban J connectivity index is 1.69. The lowest BCUT2D eigenvalue weighted by atomic mass is 10.1. The highest BCUT2D eigenvalue weighted by molar-refractivity contribution is 7.89. The van der Waals surface area contributed by atoms with Gasteiger partial charge in [-0.3, -0.25) is 4.90 Å². The van der Waals surface area contributed by atoms with Crippen molar-refractivity contribution in [2.24, 2.45) is 0 Å². The summed E-state index contributed by atoms with van der Waals surface area (Å²) in [6.45, 7) is 8.20. The summed E-state index contributed by atoms with van der Waals surface area (Å²) in [6, 6.07) is 11.9. The van der Waals surface area contributed by atoms with Gasteiger partial charge in [0, 0.05) is 32.2 Å². The van der Waals surface area contributed by atoms with E-state index in [-0.39, 0.29) is 11.9 Å². The number of hydrogen-bond donors (Lipinski definition) is 0. The number of rotatable bonds is 4. The van der Waals surface area contributed by atoms with Crippen LogP contribution in [0.5, 0.6) is 0 Å². The van der Waals surface area contributed by atoms with Gasteiger partial charge in [-0.05, 0) is 61.7 Å². The van der Waals surface area contributed by atoms with E-state index in [1.807, 2.05) is 19.9 Å². The lowest BCUT2D eigenvalue weighted by molar-refractivity contribution is 0.146. The van der Waals surface area contributed by atoms with E-state index in [2.05, 4.69) is 11.8 Å². The minimum Gasteiger partial charge on any atom is -0.294 e. The first-order chi connectivity index (χ1) is 12.3. The van der Waals surface area contributed by atoms with Gasteiger partial charge < -0.3 is 0 Å². The maximum Gasteiger partial charge on any atom is 0.243 e. The quantitative estimate of drug-likeness (QED) is 0.820. The SMILES string of the molecule is Cc1ccc(S(=O)(=O)N2CCN(C(C)c3ccc(F)cc3)CC2)cc1C. The molecule has 3 rings (SSSR count). The standard InChI is InChI=1S/C20H25FN2O2S/c1-15-4-9-20(14-16(15)2)26(24,25)23-12-10-22(11-13-23)17(3)18-5-7-19(21)8-6-18/h4-9,14,17H,10-13H2,1-3H3. The van der Waals surface area contributed by atoms with Crippen LogP contribution in [0, 0.1) is 19.7 Å². The average Bonchev–Trinajstić information content (AvgIpc) is 2.64. The lowest BCUT2D eigenvalue weighted by Crippen LogP contribution is -2.49. The van der Waals surface area contributed by atoms with Crippen LogP contribution < -0.4 is 0 Å². The lowest BCUT2D eigenvalue weighted by Gasteiger charge is -2.37. The predicted octanol–water partition coefficient (Wildman–Crippen LogP) is 3.51. The Labute approximate surface area is 155 Å². The third kappa shape index (κ3) is 3.82. The first-order valence-electron chi connectivity index (χ1n) is 8.86. The van der Waals surface area contributed by atoms with Gasteiger partial charge in [0.1, 0.15) is 5.82 Å². The van der Waals surface area contributed by atoms with Crippen molar-refractivity contribution in [2.75, 3.05) is 26.2 Å². The summed E-state index contributed by atoms with van der Waals surface area (Å²) in [6.07, 6.45) is 0. The second-order valence-corrected chi connectivity index (χ2v) is 8.85. The van der Waals surface area contributed by atoms with Crippen molar-refractivity contribution in [3.63, 3.8) is 0 Å². The molecule has 140 valence electrons.